The van der Waals surface area contributed by atoms with Crippen LogP contribution < -0.4 is 5.73 Å². The molecule has 2 aromatic rings. The molecule has 16 heavy (non-hydrogen) atoms. The summed E-state index contributed by atoms with van der Waals surface area (Å²) < 4.78 is 0. The van der Waals surface area contributed by atoms with Crippen LogP contribution in [0.25, 0.3) is 0 Å². The van der Waals surface area contributed by atoms with Crippen LogP contribution in [0.3, 0.4) is 0 Å². The highest BCUT2D eigenvalue weighted by Gasteiger charge is 2.00. The van der Waals surface area contributed by atoms with Gasteiger partial charge in [-0.1, -0.05) is 6.07 Å². The third-order valence-corrected chi connectivity index (χ3v) is 3.24. The second-order valence-electron chi connectivity index (χ2n) is 3.47. The lowest BCUT2D eigenvalue weighted by Crippen LogP contribution is -1.90. The molecule has 0 saturated heterocycles. The van der Waals surface area contributed by atoms with Crippen LogP contribution in [0.1, 0.15) is 11.3 Å². The van der Waals surface area contributed by atoms with Crippen LogP contribution in [-0.4, -0.2) is 9.97 Å². The molecule has 0 aliphatic heterocycles. The molecule has 2 aromatic heterocycles. The van der Waals surface area contributed by atoms with Crippen molar-refractivity contribution in [3.05, 3.63) is 47.9 Å². The molecule has 0 unspecified atom stereocenters. The summed E-state index contributed by atoms with van der Waals surface area (Å²) in [5.74, 6) is 0.886. The first-order valence-electron chi connectivity index (χ1n) is 5.00. The van der Waals surface area contributed by atoms with E-state index in [0.717, 1.165) is 16.5 Å². The molecule has 2 heterocycles. The number of aryl methyl sites for hydroxylation is 1. The minimum atomic E-state index is 0.696. The number of anilines is 1. The highest BCUT2D eigenvalue weighted by atomic mass is 32.2. The molecule has 3 nitrogen and oxygen atoms in total. The Morgan fingerprint density at radius 2 is 2.12 bits per heavy atom. The van der Waals surface area contributed by atoms with Crippen molar-refractivity contribution >= 4 is 17.4 Å². The smallest absolute Gasteiger partial charge is 0.0964 e. The summed E-state index contributed by atoms with van der Waals surface area (Å²) in [7, 11) is 0. The van der Waals surface area contributed by atoms with Gasteiger partial charge in [-0.15, -0.1) is 11.8 Å². The Bertz CT molecular complexity index is 468. The van der Waals surface area contributed by atoms with Crippen molar-refractivity contribution in [1.82, 2.24) is 9.97 Å². The van der Waals surface area contributed by atoms with Gasteiger partial charge in [0, 0.05) is 17.6 Å². The standard InChI is InChI=1S/C12H13N3S/c1-9-10(3-2-6-14-9)8-16-12-5-4-11(13)7-15-12/h2-7H,8,13H2,1H3. The highest BCUT2D eigenvalue weighted by Crippen LogP contribution is 2.22. The quantitative estimate of drug-likeness (QED) is 0.825. The molecule has 4 heteroatoms. The van der Waals surface area contributed by atoms with E-state index in [0.29, 0.717) is 5.69 Å². The molecular weight excluding hydrogens is 218 g/mol. The Balaban J connectivity index is 2.02. The third-order valence-electron chi connectivity index (χ3n) is 2.25. The van der Waals surface area contributed by atoms with E-state index in [-0.39, 0.29) is 0 Å². The van der Waals surface area contributed by atoms with Crippen LogP contribution in [0.15, 0.2) is 41.7 Å². The van der Waals surface area contributed by atoms with E-state index < -0.39 is 0 Å². The first kappa shape index (κ1) is 11.0. The van der Waals surface area contributed by atoms with Crippen molar-refractivity contribution in [1.29, 1.82) is 0 Å². The van der Waals surface area contributed by atoms with Crippen molar-refractivity contribution in [3.8, 4) is 0 Å². The number of pyridine rings is 2. The van der Waals surface area contributed by atoms with E-state index in [1.807, 2.05) is 31.3 Å². The van der Waals surface area contributed by atoms with E-state index in [4.69, 9.17) is 5.73 Å². The number of nitrogens with two attached hydrogens (primary N) is 1. The first-order valence-corrected chi connectivity index (χ1v) is 5.99. The van der Waals surface area contributed by atoms with Crippen LogP contribution in [0, 0.1) is 6.92 Å². The first-order chi connectivity index (χ1) is 7.75. The lowest BCUT2D eigenvalue weighted by atomic mass is 10.2. The largest absolute Gasteiger partial charge is 0.397 e. The number of aromatic nitrogens is 2. The molecule has 2 rings (SSSR count). The predicted octanol–water partition coefficient (Wildman–Crippen LogP) is 2.66. The summed E-state index contributed by atoms with van der Waals surface area (Å²) in [5.41, 5.74) is 8.59. The average Bonchev–Trinajstić information content (AvgIpc) is 2.30. The third kappa shape index (κ3) is 2.73. The summed E-state index contributed by atoms with van der Waals surface area (Å²) in [6, 6.07) is 7.85. The summed E-state index contributed by atoms with van der Waals surface area (Å²) >= 11 is 1.69. The summed E-state index contributed by atoms with van der Waals surface area (Å²) in [6.07, 6.45) is 3.49. The zero-order valence-corrected chi connectivity index (χ0v) is 9.87. The van der Waals surface area contributed by atoms with Crippen molar-refractivity contribution in [2.45, 2.75) is 17.7 Å². The zero-order valence-electron chi connectivity index (χ0n) is 9.05. The SMILES string of the molecule is Cc1ncccc1CSc1ccc(N)cn1. The van der Waals surface area contributed by atoms with Gasteiger partial charge in [0.05, 0.1) is 16.9 Å². The van der Waals surface area contributed by atoms with Gasteiger partial charge in [-0.25, -0.2) is 4.98 Å². The van der Waals surface area contributed by atoms with Gasteiger partial charge in [0.1, 0.15) is 0 Å². The fourth-order valence-corrected chi connectivity index (χ4v) is 2.20. The molecule has 0 aliphatic rings. The minimum absolute atomic E-state index is 0.696. The Labute approximate surface area is 99.1 Å². The van der Waals surface area contributed by atoms with Crippen LogP contribution >= 0.6 is 11.8 Å². The van der Waals surface area contributed by atoms with Gasteiger partial charge in [0.25, 0.3) is 0 Å². The number of hydrogen-bond donors (Lipinski definition) is 1. The summed E-state index contributed by atoms with van der Waals surface area (Å²) in [4.78, 5) is 8.49. The molecule has 0 amide bonds. The number of rotatable bonds is 3. The molecular formula is C12H13N3S. The predicted molar refractivity (Wildman–Crippen MR) is 67.2 cm³/mol. The number of nitrogen functional groups attached to an aromatic ring is 1. The van der Waals surface area contributed by atoms with Crippen LogP contribution in [-0.2, 0) is 5.75 Å². The molecule has 0 fully saturated rings. The van der Waals surface area contributed by atoms with Gasteiger partial charge in [0.15, 0.2) is 0 Å². The molecule has 0 saturated carbocycles. The van der Waals surface area contributed by atoms with E-state index >= 15 is 0 Å². The maximum Gasteiger partial charge on any atom is 0.0964 e. The Morgan fingerprint density at radius 3 is 2.81 bits per heavy atom. The maximum atomic E-state index is 5.58. The van der Waals surface area contributed by atoms with Gasteiger partial charge < -0.3 is 5.73 Å². The minimum Gasteiger partial charge on any atom is -0.397 e. The van der Waals surface area contributed by atoms with E-state index in [1.54, 1.807) is 18.0 Å². The summed E-state index contributed by atoms with van der Waals surface area (Å²) in [5, 5.41) is 0.984. The zero-order chi connectivity index (χ0) is 11.4. The van der Waals surface area contributed by atoms with Crippen molar-refractivity contribution in [2.24, 2.45) is 0 Å². The monoisotopic (exact) mass is 231 g/mol. The van der Waals surface area contributed by atoms with Gasteiger partial charge in [-0.05, 0) is 30.7 Å². The molecule has 82 valence electrons. The topological polar surface area (TPSA) is 51.8 Å². The maximum absolute atomic E-state index is 5.58. The van der Waals surface area contributed by atoms with Crippen LogP contribution in [0.4, 0.5) is 5.69 Å². The molecule has 0 bridgehead atoms. The van der Waals surface area contributed by atoms with Crippen LogP contribution in [0.2, 0.25) is 0 Å². The van der Waals surface area contributed by atoms with Crippen molar-refractivity contribution in [3.63, 3.8) is 0 Å². The molecule has 0 radical (unpaired) electrons. The van der Waals surface area contributed by atoms with E-state index in [2.05, 4.69) is 16.0 Å². The molecule has 0 spiro atoms. The molecule has 0 aliphatic carbocycles. The van der Waals surface area contributed by atoms with Gasteiger partial charge in [-0.3, -0.25) is 4.98 Å². The van der Waals surface area contributed by atoms with Crippen molar-refractivity contribution < 1.29 is 0 Å². The van der Waals surface area contributed by atoms with Crippen molar-refractivity contribution in [2.75, 3.05) is 5.73 Å². The Morgan fingerprint density at radius 1 is 1.25 bits per heavy atom. The van der Waals surface area contributed by atoms with E-state index in [1.165, 1.54) is 5.56 Å². The number of nitrogens with zero attached hydrogens (tertiary/aromatic N) is 2. The lowest BCUT2D eigenvalue weighted by molar-refractivity contribution is 1.11. The Kier molecular flexibility index (Phi) is 3.41. The normalized spacial score (nSPS) is 10.3. The molecule has 2 N–H and O–H groups in total. The Hall–Kier alpha value is -1.55. The van der Waals surface area contributed by atoms with Crippen LogP contribution in [0.5, 0.6) is 0 Å². The summed E-state index contributed by atoms with van der Waals surface area (Å²) in [6.45, 7) is 2.02. The lowest BCUT2D eigenvalue weighted by Gasteiger charge is -2.04. The van der Waals surface area contributed by atoms with Gasteiger partial charge >= 0.3 is 0 Å². The van der Waals surface area contributed by atoms with E-state index in [9.17, 15) is 0 Å². The second-order valence-corrected chi connectivity index (χ2v) is 4.46. The average molecular weight is 231 g/mol. The fraction of sp³-hybridized carbons (Fsp3) is 0.167. The van der Waals surface area contributed by atoms with Gasteiger partial charge in [-0.2, -0.15) is 0 Å². The second kappa shape index (κ2) is 4.99. The van der Waals surface area contributed by atoms with Gasteiger partial charge in [0.2, 0.25) is 0 Å². The highest BCUT2D eigenvalue weighted by molar-refractivity contribution is 7.98. The molecule has 0 aromatic carbocycles. The fourth-order valence-electron chi connectivity index (χ4n) is 1.30. The number of thioether (sulfide) groups is 1. The number of hydrogen-bond acceptors (Lipinski definition) is 4. The molecule has 0 atom stereocenters.